The summed E-state index contributed by atoms with van der Waals surface area (Å²) >= 11 is 0. The van der Waals surface area contributed by atoms with Crippen molar-refractivity contribution in [3.05, 3.63) is 0 Å². The van der Waals surface area contributed by atoms with Crippen LogP contribution in [-0.4, -0.2) is 71.7 Å². The van der Waals surface area contributed by atoms with Crippen molar-refractivity contribution < 1.29 is 9.90 Å². The van der Waals surface area contributed by atoms with E-state index in [9.17, 15) is 9.90 Å². The van der Waals surface area contributed by atoms with Crippen molar-refractivity contribution in [2.24, 2.45) is 5.92 Å². The lowest BCUT2D eigenvalue weighted by atomic mass is 9.79. The van der Waals surface area contributed by atoms with E-state index in [1.165, 1.54) is 0 Å². The molecule has 3 fully saturated rings. The highest BCUT2D eigenvalue weighted by molar-refractivity contribution is 5.78. The van der Waals surface area contributed by atoms with E-state index in [1.54, 1.807) is 0 Å². The number of piperazine rings is 1. The minimum Gasteiger partial charge on any atom is -0.389 e. The lowest BCUT2D eigenvalue weighted by molar-refractivity contribution is -0.123. The van der Waals surface area contributed by atoms with Crippen LogP contribution in [0.2, 0.25) is 0 Å². The number of nitrogens with zero attached hydrogens (tertiary/aromatic N) is 2. The molecular weight excluding hydrogens is 278 g/mol. The maximum absolute atomic E-state index is 11.8. The number of hydrogen-bond acceptors (Lipinski definition) is 4. The minimum atomic E-state index is -0.474. The summed E-state index contributed by atoms with van der Waals surface area (Å²) in [5.41, 5.74) is -0.474. The van der Waals surface area contributed by atoms with Crippen molar-refractivity contribution in [1.29, 1.82) is 0 Å². The van der Waals surface area contributed by atoms with E-state index in [0.29, 0.717) is 12.6 Å². The number of nitrogens with one attached hydrogen (secondary N) is 1. The van der Waals surface area contributed by atoms with Crippen LogP contribution in [0.3, 0.4) is 0 Å². The monoisotopic (exact) mass is 309 g/mol. The molecule has 0 spiro atoms. The first-order chi connectivity index (χ1) is 10.5. The Bertz CT molecular complexity index is 381. The van der Waals surface area contributed by atoms with Gasteiger partial charge in [0.25, 0.3) is 0 Å². The number of aliphatic hydroxyl groups is 1. The fourth-order valence-corrected chi connectivity index (χ4v) is 3.68. The number of amides is 1. The van der Waals surface area contributed by atoms with Gasteiger partial charge in [-0.25, -0.2) is 0 Å². The van der Waals surface area contributed by atoms with Crippen LogP contribution in [0.15, 0.2) is 0 Å². The summed E-state index contributed by atoms with van der Waals surface area (Å²) in [7, 11) is 0. The second-order valence-corrected chi connectivity index (χ2v) is 7.80. The molecule has 2 N–H and O–H groups in total. The third kappa shape index (κ3) is 4.67. The van der Waals surface area contributed by atoms with Crippen molar-refractivity contribution in [3.8, 4) is 0 Å². The molecule has 2 saturated carbocycles. The van der Waals surface area contributed by atoms with Gasteiger partial charge in [-0.3, -0.25) is 14.6 Å². The molecule has 1 heterocycles. The fraction of sp³-hybridized carbons (Fsp3) is 0.941. The molecule has 3 rings (SSSR count). The number of carbonyl (C=O) groups is 1. The van der Waals surface area contributed by atoms with Gasteiger partial charge < -0.3 is 10.4 Å². The highest BCUT2D eigenvalue weighted by Gasteiger charge is 2.34. The molecule has 1 amide bonds. The van der Waals surface area contributed by atoms with E-state index in [1.807, 2.05) is 0 Å². The topological polar surface area (TPSA) is 55.8 Å². The second-order valence-electron chi connectivity index (χ2n) is 7.80. The van der Waals surface area contributed by atoms with E-state index in [4.69, 9.17) is 0 Å². The molecule has 0 bridgehead atoms. The zero-order chi connectivity index (χ0) is 15.6. The number of hydrogen-bond donors (Lipinski definition) is 2. The van der Waals surface area contributed by atoms with Gasteiger partial charge in [0.1, 0.15) is 0 Å². The summed E-state index contributed by atoms with van der Waals surface area (Å²) < 4.78 is 0. The Morgan fingerprint density at radius 1 is 1.09 bits per heavy atom. The molecule has 1 aliphatic heterocycles. The van der Waals surface area contributed by atoms with Crippen LogP contribution < -0.4 is 5.32 Å². The summed E-state index contributed by atoms with van der Waals surface area (Å²) in [6, 6.07) is 0.455. The number of β-amino-alcohol motifs (C(OH)–C–C–N with tert-alkyl or cyclic N) is 1. The second kappa shape index (κ2) is 6.85. The Morgan fingerprint density at radius 2 is 1.68 bits per heavy atom. The number of carbonyl (C=O) groups excluding carboxylic acids is 1. The Balaban J connectivity index is 1.37. The molecule has 2 aliphatic carbocycles. The van der Waals surface area contributed by atoms with Crippen molar-refractivity contribution in [1.82, 2.24) is 15.1 Å². The van der Waals surface area contributed by atoms with Gasteiger partial charge in [-0.2, -0.15) is 0 Å². The largest absolute Gasteiger partial charge is 0.389 e. The van der Waals surface area contributed by atoms with Gasteiger partial charge in [0.2, 0.25) is 5.91 Å². The van der Waals surface area contributed by atoms with E-state index in [-0.39, 0.29) is 5.91 Å². The first kappa shape index (κ1) is 16.2. The van der Waals surface area contributed by atoms with Crippen LogP contribution in [0.25, 0.3) is 0 Å². The van der Waals surface area contributed by atoms with Gasteiger partial charge in [-0.05, 0) is 44.4 Å². The maximum Gasteiger partial charge on any atom is 0.234 e. The van der Waals surface area contributed by atoms with E-state index >= 15 is 0 Å². The lowest BCUT2D eigenvalue weighted by Crippen LogP contribution is -2.54. The zero-order valence-electron chi connectivity index (χ0n) is 13.9. The molecule has 0 radical (unpaired) electrons. The Kier molecular flexibility index (Phi) is 5.05. The molecular formula is C17H31N3O2. The highest BCUT2D eigenvalue weighted by Crippen LogP contribution is 2.32. The van der Waals surface area contributed by atoms with Gasteiger partial charge in [0.05, 0.1) is 12.1 Å². The predicted octanol–water partition coefficient (Wildman–Crippen LogP) is 0.824. The average Bonchev–Trinajstić information content (AvgIpc) is 3.28. The summed E-state index contributed by atoms with van der Waals surface area (Å²) in [5.74, 6) is 0.943. The van der Waals surface area contributed by atoms with Crippen LogP contribution >= 0.6 is 0 Å². The van der Waals surface area contributed by atoms with Gasteiger partial charge in [-0.15, -0.1) is 0 Å². The lowest BCUT2D eigenvalue weighted by Gasteiger charge is -2.41. The Morgan fingerprint density at radius 3 is 2.27 bits per heavy atom. The van der Waals surface area contributed by atoms with Gasteiger partial charge in [-0.1, -0.05) is 6.92 Å². The predicted molar refractivity (Wildman–Crippen MR) is 86.6 cm³/mol. The first-order valence-electron chi connectivity index (χ1n) is 8.99. The van der Waals surface area contributed by atoms with Gasteiger partial charge in [0.15, 0.2) is 0 Å². The molecule has 5 heteroatoms. The van der Waals surface area contributed by atoms with Crippen LogP contribution in [-0.2, 0) is 4.79 Å². The fourth-order valence-electron chi connectivity index (χ4n) is 3.68. The molecule has 1 saturated heterocycles. The third-order valence-corrected chi connectivity index (χ3v) is 5.50. The molecule has 0 aromatic heterocycles. The molecule has 22 heavy (non-hydrogen) atoms. The summed E-state index contributed by atoms with van der Waals surface area (Å²) in [4.78, 5) is 16.5. The van der Waals surface area contributed by atoms with Gasteiger partial charge >= 0.3 is 0 Å². The zero-order valence-corrected chi connectivity index (χ0v) is 13.9. The normalized spacial score (nSPS) is 34.5. The molecule has 3 aliphatic rings. The smallest absolute Gasteiger partial charge is 0.234 e. The molecule has 0 atom stereocenters. The molecule has 126 valence electrons. The van der Waals surface area contributed by atoms with Crippen LogP contribution in [0.4, 0.5) is 0 Å². The molecule has 0 unspecified atom stereocenters. The van der Waals surface area contributed by atoms with E-state index in [0.717, 1.165) is 77.2 Å². The third-order valence-electron chi connectivity index (χ3n) is 5.50. The first-order valence-corrected chi connectivity index (χ1v) is 8.99. The molecule has 5 nitrogen and oxygen atoms in total. The summed E-state index contributed by atoms with van der Waals surface area (Å²) in [6.45, 7) is 7.43. The average molecular weight is 309 g/mol. The van der Waals surface area contributed by atoms with E-state index in [2.05, 4.69) is 22.0 Å². The Hall–Kier alpha value is -0.650. The summed E-state index contributed by atoms with van der Waals surface area (Å²) in [6.07, 6.45) is 6.49. The van der Waals surface area contributed by atoms with Crippen LogP contribution in [0.5, 0.6) is 0 Å². The SMILES string of the molecule is CC1CCC(O)(CN2CCN(CC(=O)NC3CC3)CC2)CC1. The van der Waals surface area contributed by atoms with Crippen molar-refractivity contribution in [2.45, 2.75) is 57.1 Å². The molecule has 0 aromatic rings. The Labute approximate surface area is 134 Å². The van der Waals surface area contributed by atoms with E-state index < -0.39 is 5.60 Å². The van der Waals surface area contributed by atoms with Crippen LogP contribution in [0.1, 0.15) is 45.4 Å². The summed E-state index contributed by atoms with van der Waals surface area (Å²) in [5, 5.41) is 13.8. The minimum absolute atomic E-state index is 0.177. The molecule has 0 aromatic carbocycles. The van der Waals surface area contributed by atoms with Crippen molar-refractivity contribution in [2.75, 3.05) is 39.3 Å². The maximum atomic E-state index is 11.8. The van der Waals surface area contributed by atoms with Crippen molar-refractivity contribution in [3.63, 3.8) is 0 Å². The standard InChI is InChI=1S/C17H31N3O2/c1-14-4-6-17(22,7-5-14)13-20-10-8-19(9-11-20)12-16(21)18-15-2-3-15/h14-15,22H,2-13H2,1H3,(H,18,21). The van der Waals surface area contributed by atoms with Crippen LogP contribution in [0, 0.1) is 5.92 Å². The highest BCUT2D eigenvalue weighted by atomic mass is 16.3. The number of rotatable bonds is 5. The van der Waals surface area contributed by atoms with Crippen molar-refractivity contribution >= 4 is 5.91 Å². The quantitative estimate of drug-likeness (QED) is 0.790. The van der Waals surface area contributed by atoms with Gasteiger partial charge in [0, 0.05) is 38.8 Å².